The van der Waals surface area contributed by atoms with Crippen molar-refractivity contribution in [2.24, 2.45) is 0 Å². The molecule has 1 atom stereocenters. The quantitative estimate of drug-likeness (QED) is 0.930. The summed E-state index contributed by atoms with van der Waals surface area (Å²) in [5.41, 5.74) is 2.57. The monoisotopic (exact) mass is 290 g/mol. The van der Waals surface area contributed by atoms with Gasteiger partial charge in [0.1, 0.15) is 6.61 Å². The lowest BCUT2D eigenvalue weighted by Gasteiger charge is -2.34. The number of carbonyl (C=O) groups is 1. The van der Waals surface area contributed by atoms with Gasteiger partial charge in [-0.25, -0.2) is 4.79 Å². The number of hydrogen-bond donors (Lipinski definition) is 1. The molecule has 1 aromatic carbocycles. The first-order valence-corrected chi connectivity index (χ1v) is 7.61. The van der Waals surface area contributed by atoms with Crippen molar-refractivity contribution in [3.8, 4) is 0 Å². The Labute approximate surface area is 127 Å². The molecule has 116 valence electrons. The van der Waals surface area contributed by atoms with Gasteiger partial charge in [-0.3, -0.25) is 4.90 Å². The lowest BCUT2D eigenvalue weighted by atomic mass is 9.95. The molecule has 1 heterocycles. The molecule has 2 rings (SSSR count). The van der Waals surface area contributed by atoms with Gasteiger partial charge in [-0.2, -0.15) is 0 Å². The van der Waals surface area contributed by atoms with Gasteiger partial charge in [0.15, 0.2) is 0 Å². The minimum atomic E-state index is -0.340. The molecule has 1 amide bonds. The van der Waals surface area contributed by atoms with Crippen LogP contribution in [0.2, 0.25) is 0 Å². The molecule has 0 aliphatic carbocycles. The lowest BCUT2D eigenvalue weighted by molar-refractivity contribution is 0.102. The van der Waals surface area contributed by atoms with Crippen molar-refractivity contribution in [3.63, 3.8) is 0 Å². The number of alkyl carbamates (subject to hydrolysis) is 1. The number of rotatable bonds is 3. The Morgan fingerprint density at radius 3 is 2.67 bits per heavy atom. The summed E-state index contributed by atoms with van der Waals surface area (Å²) < 4.78 is 5.27. The van der Waals surface area contributed by atoms with Gasteiger partial charge in [0.25, 0.3) is 0 Å². The van der Waals surface area contributed by atoms with Crippen LogP contribution in [0.15, 0.2) is 24.3 Å². The van der Waals surface area contributed by atoms with Crippen molar-refractivity contribution >= 4 is 6.09 Å². The van der Waals surface area contributed by atoms with E-state index in [0.717, 1.165) is 19.5 Å². The van der Waals surface area contributed by atoms with Crippen LogP contribution in [-0.2, 0) is 17.7 Å². The molecule has 0 spiro atoms. The summed E-state index contributed by atoms with van der Waals surface area (Å²) in [5, 5.41) is 2.80. The number of amides is 1. The number of nitrogens with zero attached hydrogens (tertiary/aromatic N) is 1. The predicted octanol–water partition coefficient (Wildman–Crippen LogP) is 2.96. The highest BCUT2D eigenvalue weighted by molar-refractivity contribution is 5.68. The molecule has 0 aromatic heterocycles. The largest absolute Gasteiger partial charge is 0.448 e. The van der Waals surface area contributed by atoms with Crippen molar-refractivity contribution in [3.05, 3.63) is 35.4 Å². The van der Waals surface area contributed by atoms with E-state index in [4.69, 9.17) is 4.74 Å². The Balaban J connectivity index is 1.81. The average Bonchev–Trinajstić information content (AvgIpc) is 2.37. The normalized spacial score (nSPS) is 19.0. The number of nitrogens with one attached hydrogen (secondary N) is 1. The number of ether oxygens (including phenoxy) is 1. The van der Waals surface area contributed by atoms with Gasteiger partial charge in [-0.15, -0.1) is 0 Å². The number of fused-ring (bicyclic) bond motifs is 1. The summed E-state index contributed by atoms with van der Waals surface area (Å²) in [6.07, 6.45) is 0.720. The maximum atomic E-state index is 11.6. The number of benzene rings is 1. The van der Waals surface area contributed by atoms with Gasteiger partial charge in [0.05, 0.1) is 0 Å². The summed E-state index contributed by atoms with van der Waals surface area (Å²) >= 11 is 0. The number of carbonyl (C=O) groups excluding carboxylic acids is 1. The molecule has 0 saturated heterocycles. The molecule has 1 aliphatic rings. The highest BCUT2D eigenvalue weighted by atomic mass is 16.5. The van der Waals surface area contributed by atoms with Crippen molar-refractivity contribution in [2.45, 2.75) is 52.2 Å². The number of hydrogen-bond acceptors (Lipinski definition) is 3. The van der Waals surface area contributed by atoms with Gasteiger partial charge >= 0.3 is 6.09 Å². The second-order valence-corrected chi connectivity index (χ2v) is 6.80. The van der Waals surface area contributed by atoms with Gasteiger partial charge in [0.2, 0.25) is 0 Å². The third-order valence-corrected chi connectivity index (χ3v) is 3.72. The van der Waals surface area contributed by atoms with Crippen LogP contribution < -0.4 is 5.32 Å². The van der Waals surface area contributed by atoms with Gasteiger partial charge in [-0.05, 0) is 45.2 Å². The predicted molar refractivity (Wildman–Crippen MR) is 84.3 cm³/mol. The van der Waals surface area contributed by atoms with Gasteiger partial charge < -0.3 is 10.1 Å². The zero-order chi connectivity index (χ0) is 15.5. The Morgan fingerprint density at radius 1 is 1.33 bits per heavy atom. The fourth-order valence-corrected chi connectivity index (χ4v) is 2.63. The summed E-state index contributed by atoms with van der Waals surface area (Å²) in [4.78, 5) is 14.0. The first kappa shape index (κ1) is 15.8. The molecule has 0 radical (unpaired) electrons. The van der Waals surface area contributed by atoms with Crippen LogP contribution in [0.4, 0.5) is 4.79 Å². The van der Waals surface area contributed by atoms with Crippen LogP contribution in [0.1, 0.15) is 38.8 Å². The first-order chi connectivity index (χ1) is 9.85. The van der Waals surface area contributed by atoms with E-state index in [-0.39, 0.29) is 11.6 Å². The van der Waals surface area contributed by atoms with Crippen LogP contribution in [0, 0.1) is 0 Å². The molecular weight excluding hydrogens is 264 g/mol. The molecule has 21 heavy (non-hydrogen) atoms. The van der Waals surface area contributed by atoms with Crippen LogP contribution >= 0.6 is 0 Å². The maximum absolute atomic E-state index is 11.6. The van der Waals surface area contributed by atoms with Crippen LogP contribution in [-0.4, -0.2) is 35.7 Å². The fraction of sp³-hybridized carbons (Fsp3) is 0.588. The smallest absolute Gasteiger partial charge is 0.407 e. The molecule has 4 nitrogen and oxygen atoms in total. The van der Waals surface area contributed by atoms with Crippen molar-refractivity contribution in [1.82, 2.24) is 10.2 Å². The molecule has 1 aromatic rings. The summed E-state index contributed by atoms with van der Waals surface area (Å²) in [5.74, 6) is 0. The topological polar surface area (TPSA) is 41.6 Å². The van der Waals surface area contributed by atoms with E-state index < -0.39 is 0 Å². The molecule has 1 N–H and O–H groups in total. The molecule has 1 aliphatic heterocycles. The van der Waals surface area contributed by atoms with E-state index in [9.17, 15) is 4.79 Å². The molecule has 0 fully saturated rings. The molecule has 4 heteroatoms. The Bertz CT molecular complexity index is 494. The summed E-state index contributed by atoms with van der Waals surface area (Å²) in [6.45, 7) is 10.2. The first-order valence-electron chi connectivity index (χ1n) is 7.61. The van der Waals surface area contributed by atoms with Crippen LogP contribution in [0.5, 0.6) is 0 Å². The third-order valence-electron chi connectivity index (χ3n) is 3.72. The van der Waals surface area contributed by atoms with E-state index in [1.54, 1.807) is 0 Å². The highest BCUT2D eigenvalue weighted by Gasteiger charge is 2.22. The zero-order valence-electron chi connectivity index (χ0n) is 13.5. The van der Waals surface area contributed by atoms with Crippen molar-refractivity contribution < 1.29 is 9.53 Å². The van der Waals surface area contributed by atoms with Gasteiger partial charge in [0, 0.05) is 24.7 Å². The standard InChI is InChI=1S/C17H26N2O2/c1-13-11-14-7-5-6-8-15(14)12-19(13)9-10-21-16(20)18-17(2,3)4/h5-8,13H,9-12H2,1-4H3,(H,18,20). The Morgan fingerprint density at radius 2 is 2.00 bits per heavy atom. The molecular formula is C17H26N2O2. The maximum Gasteiger partial charge on any atom is 0.407 e. The lowest BCUT2D eigenvalue weighted by Crippen LogP contribution is -2.43. The van der Waals surface area contributed by atoms with E-state index in [1.165, 1.54) is 11.1 Å². The van der Waals surface area contributed by atoms with E-state index in [2.05, 4.69) is 41.4 Å². The van der Waals surface area contributed by atoms with E-state index in [1.807, 2.05) is 20.8 Å². The molecule has 1 unspecified atom stereocenters. The minimum Gasteiger partial charge on any atom is -0.448 e. The molecule has 0 saturated carbocycles. The van der Waals surface area contributed by atoms with Crippen molar-refractivity contribution in [2.75, 3.05) is 13.2 Å². The third kappa shape index (κ3) is 4.74. The second kappa shape index (κ2) is 6.48. The second-order valence-electron chi connectivity index (χ2n) is 6.80. The highest BCUT2D eigenvalue weighted by Crippen LogP contribution is 2.22. The SMILES string of the molecule is CC1Cc2ccccc2CN1CCOC(=O)NC(C)(C)C. The Kier molecular flexibility index (Phi) is 4.88. The van der Waals surface area contributed by atoms with E-state index >= 15 is 0 Å². The van der Waals surface area contributed by atoms with Crippen LogP contribution in [0.3, 0.4) is 0 Å². The Hall–Kier alpha value is -1.55. The fourth-order valence-electron chi connectivity index (χ4n) is 2.63. The van der Waals surface area contributed by atoms with Gasteiger partial charge in [-0.1, -0.05) is 24.3 Å². The van der Waals surface area contributed by atoms with Crippen molar-refractivity contribution in [1.29, 1.82) is 0 Å². The summed E-state index contributed by atoms with van der Waals surface area (Å²) in [7, 11) is 0. The van der Waals surface area contributed by atoms with E-state index in [0.29, 0.717) is 12.6 Å². The molecule has 0 bridgehead atoms. The average molecular weight is 290 g/mol. The minimum absolute atomic E-state index is 0.256. The summed E-state index contributed by atoms with van der Waals surface area (Å²) in [6, 6.07) is 9.05. The zero-order valence-corrected chi connectivity index (χ0v) is 13.5. The van der Waals surface area contributed by atoms with Crippen LogP contribution in [0.25, 0.3) is 0 Å².